The molecule has 0 amide bonds. The van der Waals surface area contributed by atoms with E-state index in [1.54, 1.807) is 0 Å². The fraction of sp³-hybridized carbons (Fsp3) is 0.286. The van der Waals surface area contributed by atoms with Crippen LogP contribution in [0.1, 0.15) is 5.56 Å². The Hall–Kier alpha value is -1.70. The predicted molar refractivity (Wildman–Crippen MR) is 43.3 cm³/mol. The second-order valence-electron chi connectivity index (χ2n) is 2.56. The summed E-state index contributed by atoms with van der Waals surface area (Å²) >= 11 is 0. The number of pyridine rings is 1. The van der Waals surface area contributed by atoms with E-state index in [2.05, 4.69) is 4.74 Å². The molecule has 84 valence electrons. The maximum atomic E-state index is 11.8. The highest BCUT2D eigenvalue weighted by atomic mass is 19.4. The summed E-state index contributed by atoms with van der Waals surface area (Å²) in [5.74, 6) is -1.53. The lowest BCUT2D eigenvalue weighted by molar-refractivity contribution is -0.276. The van der Waals surface area contributed by atoms with Crippen LogP contribution in [0.15, 0.2) is 11.0 Å². The fourth-order valence-electron chi connectivity index (χ4n) is 0.936. The molecule has 15 heavy (non-hydrogen) atoms. The molecule has 0 unspecified atom stereocenters. The summed E-state index contributed by atoms with van der Waals surface area (Å²) in [6.07, 6.45) is -4.23. The molecule has 0 bridgehead atoms. The topological polar surface area (TPSA) is 88.3 Å². The maximum Gasteiger partial charge on any atom is 0.574 e. The Balaban J connectivity index is 3.20. The van der Waals surface area contributed by atoms with Crippen molar-refractivity contribution in [3.8, 4) is 11.6 Å². The molecule has 1 rings (SSSR count). The molecule has 1 heterocycles. The fourth-order valence-corrected chi connectivity index (χ4v) is 0.936. The molecule has 1 aromatic heterocycles. The van der Waals surface area contributed by atoms with E-state index in [4.69, 9.17) is 10.8 Å². The number of aromatic hydroxyl groups is 1. The summed E-state index contributed by atoms with van der Waals surface area (Å²) in [7, 11) is 0. The third-order valence-corrected chi connectivity index (χ3v) is 1.54. The van der Waals surface area contributed by atoms with E-state index >= 15 is 0 Å². The van der Waals surface area contributed by atoms with Gasteiger partial charge in [-0.25, -0.2) is 0 Å². The third-order valence-electron chi connectivity index (χ3n) is 1.54. The van der Waals surface area contributed by atoms with Gasteiger partial charge in [0.1, 0.15) is 0 Å². The monoisotopic (exact) mass is 224 g/mol. The van der Waals surface area contributed by atoms with Crippen molar-refractivity contribution >= 4 is 0 Å². The SMILES string of the molecule is NCc1c(OC(F)(F)F)[nH]cc(O)c1=O. The number of halogens is 3. The smallest absolute Gasteiger partial charge is 0.503 e. The lowest BCUT2D eigenvalue weighted by atomic mass is 10.2. The van der Waals surface area contributed by atoms with Crippen LogP contribution in [0.3, 0.4) is 0 Å². The Morgan fingerprint density at radius 2 is 2.13 bits per heavy atom. The minimum Gasteiger partial charge on any atom is -0.503 e. The zero-order valence-electron chi connectivity index (χ0n) is 7.26. The number of nitrogens with two attached hydrogens (primary N) is 1. The van der Waals surface area contributed by atoms with Crippen LogP contribution in [0, 0.1) is 0 Å². The van der Waals surface area contributed by atoms with Gasteiger partial charge in [0.15, 0.2) is 5.75 Å². The van der Waals surface area contributed by atoms with Crippen LogP contribution in [0.25, 0.3) is 0 Å². The van der Waals surface area contributed by atoms with Crippen molar-refractivity contribution in [2.24, 2.45) is 5.73 Å². The number of rotatable bonds is 2. The van der Waals surface area contributed by atoms with Gasteiger partial charge in [0.25, 0.3) is 0 Å². The number of hydrogen-bond donors (Lipinski definition) is 3. The second kappa shape index (κ2) is 3.81. The first-order valence-electron chi connectivity index (χ1n) is 3.74. The van der Waals surface area contributed by atoms with E-state index in [-0.39, 0.29) is 0 Å². The van der Waals surface area contributed by atoms with Crippen molar-refractivity contribution in [1.29, 1.82) is 0 Å². The lowest BCUT2D eigenvalue weighted by Crippen LogP contribution is -2.23. The quantitative estimate of drug-likeness (QED) is 0.680. The number of nitrogens with one attached hydrogen (secondary N) is 1. The summed E-state index contributed by atoms with van der Waals surface area (Å²) in [5, 5.41) is 8.92. The maximum absolute atomic E-state index is 11.8. The van der Waals surface area contributed by atoms with Crippen LogP contribution >= 0.6 is 0 Å². The van der Waals surface area contributed by atoms with E-state index in [9.17, 15) is 18.0 Å². The minimum absolute atomic E-state index is 0.465. The molecular formula is C7H7F3N2O3. The number of H-pyrrole nitrogens is 1. The number of alkyl halides is 3. The largest absolute Gasteiger partial charge is 0.574 e. The van der Waals surface area contributed by atoms with Gasteiger partial charge < -0.3 is 20.6 Å². The highest BCUT2D eigenvalue weighted by Gasteiger charge is 2.33. The molecule has 0 atom stereocenters. The van der Waals surface area contributed by atoms with Gasteiger partial charge in [-0.3, -0.25) is 4.79 Å². The molecule has 0 fully saturated rings. The molecule has 8 heteroatoms. The van der Waals surface area contributed by atoms with Gasteiger partial charge >= 0.3 is 6.36 Å². The average Bonchev–Trinajstić information content (AvgIpc) is 2.10. The first-order chi connectivity index (χ1) is 6.85. The zero-order chi connectivity index (χ0) is 11.6. The zero-order valence-corrected chi connectivity index (χ0v) is 7.26. The Morgan fingerprint density at radius 3 is 2.60 bits per heavy atom. The molecule has 0 aromatic carbocycles. The normalized spacial score (nSPS) is 11.5. The standard InChI is InChI=1S/C7H7F3N2O3/c8-7(9,10)15-6-3(1-11)5(14)4(13)2-12-6/h2,13H,1,11H2,(H,12,14). The molecular weight excluding hydrogens is 217 g/mol. The van der Waals surface area contributed by atoms with Crippen LogP contribution in [0.5, 0.6) is 11.6 Å². The van der Waals surface area contributed by atoms with Gasteiger partial charge in [-0.2, -0.15) is 0 Å². The summed E-state index contributed by atoms with van der Waals surface area (Å²) in [4.78, 5) is 13.1. The van der Waals surface area contributed by atoms with E-state index in [0.29, 0.717) is 6.20 Å². The van der Waals surface area contributed by atoms with Gasteiger partial charge in [0.05, 0.1) is 5.56 Å². The molecule has 0 spiro atoms. The van der Waals surface area contributed by atoms with Crippen LogP contribution in [0.2, 0.25) is 0 Å². The number of hydrogen-bond acceptors (Lipinski definition) is 4. The average molecular weight is 224 g/mol. The summed E-state index contributed by atoms with van der Waals surface area (Å²) in [6.45, 7) is -0.477. The molecule has 4 N–H and O–H groups in total. The molecule has 0 aliphatic rings. The first-order valence-corrected chi connectivity index (χ1v) is 3.74. The van der Waals surface area contributed by atoms with E-state index in [0.717, 1.165) is 0 Å². The van der Waals surface area contributed by atoms with Crippen LogP contribution < -0.4 is 15.9 Å². The van der Waals surface area contributed by atoms with Gasteiger partial charge in [-0.15, -0.1) is 13.2 Å². The molecule has 0 saturated carbocycles. The molecule has 0 aliphatic heterocycles. The Bertz CT molecular complexity index is 413. The highest BCUT2D eigenvalue weighted by molar-refractivity contribution is 5.32. The van der Waals surface area contributed by atoms with Gasteiger partial charge in [-0.05, 0) is 0 Å². The van der Waals surface area contributed by atoms with E-state index < -0.39 is 35.5 Å². The first kappa shape index (κ1) is 11.4. The van der Waals surface area contributed by atoms with Crippen LogP contribution in [-0.2, 0) is 6.54 Å². The van der Waals surface area contributed by atoms with Crippen molar-refractivity contribution in [2.75, 3.05) is 0 Å². The van der Waals surface area contributed by atoms with Crippen molar-refractivity contribution in [3.63, 3.8) is 0 Å². The number of aromatic amines is 1. The highest BCUT2D eigenvalue weighted by Crippen LogP contribution is 2.23. The minimum atomic E-state index is -4.93. The van der Waals surface area contributed by atoms with E-state index in [1.165, 1.54) is 0 Å². The van der Waals surface area contributed by atoms with Crippen molar-refractivity contribution in [1.82, 2.24) is 4.98 Å². The predicted octanol–water partition coefficient (Wildman–Crippen LogP) is 0.438. The molecule has 0 saturated heterocycles. The summed E-state index contributed by atoms with van der Waals surface area (Å²) in [5.41, 5.74) is 3.61. The van der Waals surface area contributed by atoms with Gasteiger partial charge in [0, 0.05) is 12.7 Å². The summed E-state index contributed by atoms with van der Waals surface area (Å²) in [6, 6.07) is 0. The van der Waals surface area contributed by atoms with Crippen LogP contribution in [-0.4, -0.2) is 16.5 Å². The molecule has 5 nitrogen and oxygen atoms in total. The number of ether oxygens (including phenoxy) is 1. The van der Waals surface area contributed by atoms with Crippen LogP contribution in [0.4, 0.5) is 13.2 Å². The Morgan fingerprint density at radius 1 is 1.53 bits per heavy atom. The Kier molecular flexibility index (Phi) is 2.89. The second-order valence-corrected chi connectivity index (χ2v) is 2.56. The third kappa shape index (κ3) is 2.62. The molecule has 0 aliphatic carbocycles. The Labute approximate surface area is 81.3 Å². The van der Waals surface area contributed by atoms with Gasteiger partial charge in [0.2, 0.25) is 11.3 Å². The molecule has 0 radical (unpaired) electrons. The lowest BCUT2D eigenvalue weighted by Gasteiger charge is -2.11. The van der Waals surface area contributed by atoms with Gasteiger partial charge in [-0.1, -0.05) is 0 Å². The van der Waals surface area contributed by atoms with E-state index in [1.807, 2.05) is 4.98 Å². The summed E-state index contributed by atoms with van der Waals surface area (Å²) < 4.78 is 39.0. The van der Waals surface area contributed by atoms with Crippen molar-refractivity contribution in [3.05, 3.63) is 22.0 Å². The van der Waals surface area contributed by atoms with Crippen molar-refractivity contribution < 1.29 is 23.0 Å². The number of aromatic nitrogens is 1. The molecule has 1 aromatic rings. The van der Waals surface area contributed by atoms with Crippen molar-refractivity contribution in [2.45, 2.75) is 12.9 Å².